The Kier molecular flexibility index (Phi) is 5.59. The number of carbonyl (C=O) groups is 1. The molecule has 3 aromatic rings. The van der Waals surface area contributed by atoms with E-state index in [1.165, 1.54) is 11.3 Å². The average Bonchev–Trinajstić information content (AvgIpc) is 3.04. The van der Waals surface area contributed by atoms with Gasteiger partial charge in [-0.05, 0) is 43.3 Å². The molecule has 1 amide bonds. The number of methoxy groups -OCH3 is 1. The highest BCUT2D eigenvalue weighted by molar-refractivity contribution is 7.16. The van der Waals surface area contributed by atoms with Crippen molar-refractivity contribution in [3.8, 4) is 17.0 Å². The maximum atomic E-state index is 12.6. The monoisotopic (exact) mass is 386 g/mol. The number of anilines is 2. The zero-order chi connectivity index (χ0) is 18.7. The Morgan fingerprint density at radius 1 is 1.19 bits per heavy atom. The van der Waals surface area contributed by atoms with Crippen molar-refractivity contribution in [2.24, 2.45) is 0 Å². The molecule has 4 nitrogen and oxygen atoms in total. The lowest BCUT2D eigenvalue weighted by Gasteiger charge is -2.20. The number of nitrogens with zero attached hydrogens (tertiary/aromatic N) is 2. The van der Waals surface area contributed by atoms with Crippen LogP contribution in [0.25, 0.3) is 11.3 Å². The molecule has 6 heteroatoms. The second kappa shape index (κ2) is 7.89. The number of benzene rings is 2. The summed E-state index contributed by atoms with van der Waals surface area (Å²) in [7, 11) is 1.64. The van der Waals surface area contributed by atoms with Crippen molar-refractivity contribution in [3.05, 3.63) is 58.4 Å². The van der Waals surface area contributed by atoms with Gasteiger partial charge in [-0.25, -0.2) is 4.98 Å². The third-order valence-corrected chi connectivity index (χ3v) is 5.26. The molecule has 0 radical (unpaired) electrons. The van der Waals surface area contributed by atoms with Gasteiger partial charge in [-0.15, -0.1) is 11.3 Å². The van der Waals surface area contributed by atoms with Gasteiger partial charge in [0.25, 0.3) is 0 Å². The maximum Gasteiger partial charge on any atom is 0.233 e. The van der Waals surface area contributed by atoms with Gasteiger partial charge in [-0.3, -0.25) is 9.69 Å². The number of rotatable bonds is 5. The minimum atomic E-state index is -0.0480. The van der Waals surface area contributed by atoms with Gasteiger partial charge in [0.15, 0.2) is 5.13 Å². The molecule has 0 atom stereocenters. The topological polar surface area (TPSA) is 42.4 Å². The number of carbonyl (C=O) groups excluding carboxylic acids is 1. The largest absolute Gasteiger partial charge is 0.497 e. The fourth-order valence-corrected chi connectivity index (χ4v) is 3.81. The second-order valence-corrected chi connectivity index (χ2v) is 7.25. The van der Waals surface area contributed by atoms with Crippen LogP contribution in [0.5, 0.6) is 5.75 Å². The molecular formula is C20H19ClN2O2S. The normalized spacial score (nSPS) is 10.6. The van der Waals surface area contributed by atoms with Gasteiger partial charge in [0, 0.05) is 16.9 Å². The highest BCUT2D eigenvalue weighted by atomic mass is 35.5. The molecule has 0 aliphatic heterocycles. The lowest BCUT2D eigenvalue weighted by molar-refractivity contribution is -0.117. The Morgan fingerprint density at radius 2 is 1.88 bits per heavy atom. The molecule has 0 N–H and O–H groups in total. The molecule has 0 saturated heterocycles. The van der Waals surface area contributed by atoms with E-state index in [0.29, 0.717) is 22.3 Å². The predicted molar refractivity (Wildman–Crippen MR) is 108 cm³/mol. The number of thiazole rings is 1. The smallest absolute Gasteiger partial charge is 0.233 e. The van der Waals surface area contributed by atoms with Crippen LogP contribution < -0.4 is 9.64 Å². The van der Waals surface area contributed by atoms with Crippen molar-refractivity contribution in [2.45, 2.75) is 20.3 Å². The number of halogens is 1. The molecule has 2 aromatic carbocycles. The Balaban J connectivity index is 2.06. The van der Waals surface area contributed by atoms with E-state index in [4.69, 9.17) is 21.3 Å². The maximum absolute atomic E-state index is 12.6. The molecule has 0 aliphatic rings. The van der Waals surface area contributed by atoms with Crippen LogP contribution in [0.3, 0.4) is 0 Å². The minimum Gasteiger partial charge on any atom is -0.497 e. The molecule has 3 rings (SSSR count). The summed E-state index contributed by atoms with van der Waals surface area (Å²) in [6.07, 6.45) is 0.363. The van der Waals surface area contributed by atoms with Crippen LogP contribution in [0, 0.1) is 6.92 Å². The summed E-state index contributed by atoms with van der Waals surface area (Å²) >= 11 is 7.81. The minimum absolute atomic E-state index is 0.0480. The molecular weight excluding hydrogens is 368 g/mol. The van der Waals surface area contributed by atoms with Gasteiger partial charge in [0.2, 0.25) is 5.91 Å². The van der Waals surface area contributed by atoms with Crippen LogP contribution >= 0.6 is 22.9 Å². The van der Waals surface area contributed by atoms with Crippen LogP contribution in [-0.4, -0.2) is 18.0 Å². The van der Waals surface area contributed by atoms with Gasteiger partial charge in [0.05, 0.1) is 23.5 Å². The molecule has 134 valence electrons. The molecule has 0 saturated carbocycles. The number of aryl methyl sites for hydroxylation is 1. The van der Waals surface area contributed by atoms with Crippen LogP contribution in [-0.2, 0) is 4.79 Å². The summed E-state index contributed by atoms with van der Waals surface area (Å²) in [4.78, 5) is 20.0. The van der Waals surface area contributed by atoms with E-state index in [2.05, 4.69) is 0 Å². The zero-order valence-corrected chi connectivity index (χ0v) is 16.4. The van der Waals surface area contributed by atoms with Crippen LogP contribution in [0.2, 0.25) is 5.02 Å². The molecule has 0 fully saturated rings. The standard InChI is InChI=1S/C20H19ClN2O2S/c1-4-18(24)23(17-8-6-5-7-16(17)21)20-22-19(13(2)26-20)14-9-11-15(25-3)12-10-14/h5-12H,4H2,1-3H3. The quantitative estimate of drug-likeness (QED) is 0.551. The van der Waals surface area contributed by atoms with E-state index in [1.807, 2.05) is 56.3 Å². The second-order valence-electron chi connectivity index (χ2n) is 5.66. The third kappa shape index (κ3) is 3.59. The molecule has 0 aliphatic carbocycles. The van der Waals surface area contributed by atoms with E-state index >= 15 is 0 Å². The Hall–Kier alpha value is -2.37. The summed E-state index contributed by atoms with van der Waals surface area (Å²) in [6, 6.07) is 15.0. The van der Waals surface area contributed by atoms with Crippen molar-refractivity contribution < 1.29 is 9.53 Å². The van der Waals surface area contributed by atoms with E-state index < -0.39 is 0 Å². The number of aromatic nitrogens is 1. The molecule has 26 heavy (non-hydrogen) atoms. The lowest BCUT2D eigenvalue weighted by atomic mass is 10.1. The van der Waals surface area contributed by atoms with E-state index in [9.17, 15) is 4.79 Å². The molecule has 0 spiro atoms. The SMILES string of the molecule is CCC(=O)N(c1nc(-c2ccc(OC)cc2)c(C)s1)c1ccccc1Cl. The van der Waals surface area contributed by atoms with Gasteiger partial charge < -0.3 is 4.74 Å². The average molecular weight is 387 g/mol. The third-order valence-electron chi connectivity index (χ3n) is 3.99. The van der Waals surface area contributed by atoms with Crippen LogP contribution in [0.1, 0.15) is 18.2 Å². The summed E-state index contributed by atoms with van der Waals surface area (Å²) in [5.41, 5.74) is 2.48. The number of hydrogen-bond donors (Lipinski definition) is 0. The van der Waals surface area contributed by atoms with E-state index in [1.54, 1.807) is 18.1 Å². The fourth-order valence-electron chi connectivity index (χ4n) is 2.63. The van der Waals surface area contributed by atoms with Crippen molar-refractivity contribution in [1.29, 1.82) is 0 Å². The van der Waals surface area contributed by atoms with Gasteiger partial charge in [-0.1, -0.05) is 30.7 Å². The van der Waals surface area contributed by atoms with E-state index in [0.717, 1.165) is 21.9 Å². The Labute approximate surface area is 162 Å². The Bertz CT molecular complexity index is 922. The predicted octanol–water partition coefficient (Wildman–Crippen LogP) is 5.86. The highest BCUT2D eigenvalue weighted by Crippen LogP contribution is 2.38. The number of para-hydroxylation sites is 1. The summed E-state index contributed by atoms with van der Waals surface area (Å²) < 4.78 is 5.21. The Morgan fingerprint density at radius 3 is 2.50 bits per heavy atom. The molecule has 1 aromatic heterocycles. The zero-order valence-electron chi connectivity index (χ0n) is 14.8. The highest BCUT2D eigenvalue weighted by Gasteiger charge is 2.23. The first-order chi connectivity index (χ1) is 12.5. The van der Waals surface area contributed by atoms with Crippen LogP contribution in [0.15, 0.2) is 48.5 Å². The first kappa shape index (κ1) is 18.4. The van der Waals surface area contributed by atoms with Gasteiger partial charge >= 0.3 is 0 Å². The number of hydrogen-bond acceptors (Lipinski definition) is 4. The first-order valence-electron chi connectivity index (χ1n) is 8.24. The van der Waals surface area contributed by atoms with Crippen molar-refractivity contribution in [1.82, 2.24) is 4.98 Å². The van der Waals surface area contributed by atoms with Gasteiger partial charge in [-0.2, -0.15) is 0 Å². The fraction of sp³-hybridized carbons (Fsp3) is 0.200. The molecule has 0 unspecified atom stereocenters. The number of amides is 1. The van der Waals surface area contributed by atoms with Crippen molar-refractivity contribution in [3.63, 3.8) is 0 Å². The summed E-state index contributed by atoms with van der Waals surface area (Å²) in [5, 5.41) is 1.14. The molecule has 0 bridgehead atoms. The lowest BCUT2D eigenvalue weighted by Crippen LogP contribution is -2.25. The first-order valence-corrected chi connectivity index (χ1v) is 9.44. The van der Waals surface area contributed by atoms with Crippen LogP contribution in [0.4, 0.5) is 10.8 Å². The summed E-state index contributed by atoms with van der Waals surface area (Å²) in [5.74, 6) is 0.744. The molecule has 1 heterocycles. The van der Waals surface area contributed by atoms with E-state index in [-0.39, 0.29) is 5.91 Å². The summed E-state index contributed by atoms with van der Waals surface area (Å²) in [6.45, 7) is 3.83. The van der Waals surface area contributed by atoms with Gasteiger partial charge in [0.1, 0.15) is 5.75 Å². The number of ether oxygens (including phenoxy) is 1. The van der Waals surface area contributed by atoms with Crippen molar-refractivity contribution in [2.75, 3.05) is 12.0 Å². The van der Waals surface area contributed by atoms with Crippen molar-refractivity contribution >= 4 is 39.7 Å².